The Kier molecular flexibility index (Phi) is 7.38. The topological polar surface area (TPSA) is 89.3 Å². The fourth-order valence-corrected chi connectivity index (χ4v) is 3.55. The smallest absolute Gasteiger partial charge is 0.146 e. The van der Waals surface area contributed by atoms with Crippen LogP contribution in [0.25, 0.3) is 0 Å². The van der Waals surface area contributed by atoms with E-state index in [2.05, 4.69) is 14.8 Å². The first-order chi connectivity index (χ1) is 14.0. The minimum atomic E-state index is -0.698. The summed E-state index contributed by atoms with van der Waals surface area (Å²) >= 11 is 0. The van der Waals surface area contributed by atoms with Crippen LogP contribution in [-0.4, -0.2) is 70.6 Å². The van der Waals surface area contributed by atoms with Gasteiger partial charge >= 0.3 is 0 Å². The fourth-order valence-electron chi connectivity index (χ4n) is 3.55. The molecule has 3 rings (SSSR count). The third-order valence-corrected chi connectivity index (χ3v) is 5.19. The summed E-state index contributed by atoms with van der Waals surface area (Å²) in [5.41, 5.74) is 2.61. The fraction of sp³-hybridized carbons (Fsp3) is 0.476. The third kappa shape index (κ3) is 5.42. The van der Waals surface area contributed by atoms with E-state index in [0.29, 0.717) is 29.1 Å². The van der Waals surface area contributed by atoms with Crippen LogP contribution in [0, 0.1) is 12.7 Å². The van der Waals surface area contributed by atoms with E-state index >= 15 is 0 Å². The lowest BCUT2D eigenvalue weighted by molar-refractivity contribution is 0.0649. The van der Waals surface area contributed by atoms with Crippen molar-refractivity contribution < 1.29 is 24.4 Å². The molecule has 2 aromatic rings. The van der Waals surface area contributed by atoms with Gasteiger partial charge < -0.3 is 25.0 Å². The molecule has 0 spiro atoms. The van der Waals surface area contributed by atoms with Gasteiger partial charge in [0.1, 0.15) is 24.3 Å². The molecule has 1 aliphatic heterocycles. The maximum atomic E-state index is 13.1. The molecule has 0 unspecified atom stereocenters. The molecule has 158 valence electrons. The number of piperazine rings is 1. The van der Waals surface area contributed by atoms with E-state index in [1.807, 2.05) is 0 Å². The number of β-amino-alcohol motifs (C(OH)–C–C–N with tert-alkyl or cyclic N) is 1. The highest BCUT2D eigenvalue weighted by atomic mass is 19.1. The van der Waals surface area contributed by atoms with Crippen LogP contribution in [0.1, 0.15) is 16.8 Å². The van der Waals surface area contributed by atoms with Crippen molar-refractivity contribution in [3.8, 4) is 5.75 Å². The van der Waals surface area contributed by atoms with Crippen LogP contribution in [-0.2, 0) is 13.2 Å². The lowest BCUT2D eigenvalue weighted by Crippen LogP contribution is -2.49. The summed E-state index contributed by atoms with van der Waals surface area (Å²) in [5.74, 6) is 0.175. The highest BCUT2D eigenvalue weighted by molar-refractivity contribution is 5.46. The van der Waals surface area contributed by atoms with Crippen molar-refractivity contribution in [2.75, 3.05) is 44.2 Å². The molecule has 0 aliphatic carbocycles. The van der Waals surface area contributed by atoms with Crippen molar-refractivity contribution in [1.29, 1.82) is 0 Å². The Bertz CT molecular complexity index is 795. The zero-order valence-electron chi connectivity index (χ0n) is 16.6. The van der Waals surface area contributed by atoms with Crippen LogP contribution < -0.4 is 9.64 Å². The lowest BCUT2D eigenvalue weighted by atomic mass is 10.1. The number of pyridine rings is 1. The molecule has 1 aliphatic rings. The first-order valence-corrected chi connectivity index (χ1v) is 9.74. The number of aryl methyl sites for hydroxylation is 1. The van der Waals surface area contributed by atoms with E-state index in [1.165, 1.54) is 18.3 Å². The highest BCUT2D eigenvalue weighted by Crippen LogP contribution is 2.26. The van der Waals surface area contributed by atoms with Gasteiger partial charge in [-0.2, -0.15) is 0 Å². The number of nitrogens with zero attached hydrogens (tertiary/aromatic N) is 3. The van der Waals surface area contributed by atoms with Gasteiger partial charge in [-0.25, -0.2) is 4.39 Å². The Morgan fingerprint density at radius 2 is 1.79 bits per heavy atom. The van der Waals surface area contributed by atoms with Gasteiger partial charge in [0.25, 0.3) is 0 Å². The normalized spacial score (nSPS) is 16.1. The first-order valence-electron chi connectivity index (χ1n) is 9.74. The number of halogens is 1. The molecule has 0 bridgehead atoms. The van der Waals surface area contributed by atoms with E-state index < -0.39 is 6.10 Å². The molecule has 1 atom stereocenters. The monoisotopic (exact) mass is 405 g/mol. The van der Waals surface area contributed by atoms with Gasteiger partial charge in [0.05, 0.1) is 18.9 Å². The van der Waals surface area contributed by atoms with Crippen LogP contribution in [0.15, 0.2) is 30.5 Å². The van der Waals surface area contributed by atoms with Crippen molar-refractivity contribution >= 4 is 5.69 Å². The summed E-state index contributed by atoms with van der Waals surface area (Å²) in [6.45, 7) is 4.98. The summed E-state index contributed by atoms with van der Waals surface area (Å²) in [4.78, 5) is 8.54. The molecule has 7 nitrogen and oxygen atoms in total. The second-order valence-electron chi connectivity index (χ2n) is 7.22. The Morgan fingerprint density at radius 3 is 2.41 bits per heavy atom. The zero-order chi connectivity index (χ0) is 20.8. The molecule has 1 fully saturated rings. The molecular formula is C21H28FN3O4. The molecule has 0 saturated carbocycles. The van der Waals surface area contributed by atoms with Crippen LogP contribution in [0.3, 0.4) is 0 Å². The molecule has 0 radical (unpaired) electrons. The summed E-state index contributed by atoms with van der Waals surface area (Å²) in [5, 5.41) is 29.4. The van der Waals surface area contributed by atoms with Gasteiger partial charge in [0.2, 0.25) is 0 Å². The third-order valence-electron chi connectivity index (χ3n) is 5.19. The molecule has 1 aromatic heterocycles. The van der Waals surface area contributed by atoms with Crippen LogP contribution in [0.2, 0.25) is 0 Å². The van der Waals surface area contributed by atoms with Crippen LogP contribution in [0.5, 0.6) is 5.75 Å². The summed E-state index contributed by atoms with van der Waals surface area (Å²) in [7, 11) is 0. The number of anilines is 1. The quantitative estimate of drug-likeness (QED) is 0.606. The predicted octanol–water partition coefficient (Wildman–Crippen LogP) is 1.08. The summed E-state index contributed by atoms with van der Waals surface area (Å²) in [6, 6.07) is 6.49. The van der Waals surface area contributed by atoms with Crippen molar-refractivity contribution in [2.45, 2.75) is 26.2 Å². The average Bonchev–Trinajstić information content (AvgIpc) is 2.73. The molecule has 0 amide bonds. The van der Waals surface area contributed by atoms with Gasteiger partial charge in [0, 0.05) is 55.7 Å². The number of ether oxygens (including phenoxy) is 1. The van der Waals surface area contributed by atoms with Gasteiger partial charge in [-0.05, 0) is 31.2 Å². The molecule has 2 heterocycles. The Hall–Kier alpha value is -2.26. The number of rotatable bonds is 8. The maximum Gasteiger partial charge on any atom is 0.146 e. The zero-order valence-corrected chi connectivity index (χ0v) is 16.6. The maximum absolute atomic E-state index is 13.1. The molecule has 1 aromatic carbocycles. The molecule has 29 heavy (non-hydrogen) atoms. The molecular weight excluding hydrogens is 377 g/mol. The van der Waals surface area contributed by atoms with Crippen LogP contribution >= 0.6 is 0 Å². The van der Waals surface area contributed by atoms with E-state index in [4.69, 9.17) is 4.74 Å². The standard InChI is InChI=1S/C21H28FN3O4/c1-15-21(20(13-27)16(12-26)10-23-15)29-14-19(28)11-24-6-8-25(9-7-24)18-4-2-17(22)3-5-18/h2-5,10,19,26-28H,6-9,11-14H2,1H3/t19-/m0/s1. The Balaban J connectivity index is 1.50. The minimum absolute atomic E-state index is 0.0720. The lowest BCUT2D eigenvalue weighted by Gasteiger charge is -2.36. The molecule has 8 heteroatoms. The van der Waals surface area contributed by atoms with Crippen LogP contribution in [0.4, 0.5) is 10.1 Å². The average molecular weight is 405 g/mol. The second kappa shape index (κ2) is 9.98. The van der Waals surface area contributed by atoms with E-state index in [9.17, 15) is 19.7 Å². The SMILES string of the molecule is Cc1ncc(CO)c(CO)c1OC[C@@H](O)CN1CCN(c2ccc(F)cc2)CC1. The minimum Gasteiger partial charge on any atom is -0.489 e. The largest absolute Gasteiger partial charge is 0.489 e. The number of aliphatic hydroxyl groups excluding tert-OH is 3. The van der Waals surface area contributed by atoms with E-state index in [-0.39, 0.29) is 25.6 Å². The number of aliphatic hydroxyl groups is 3. The Labute approximate surface area is 170 Å². The number of hydrogen-bond donors (Lipinski definition) is 3. The summed E-state index contributed by atoms with van der Waals surface area (Å²) < 4.78 is 18.8. The second-order valence-corrected chi connectivity index (χ2v) is 7.22. The summed E-state index contributed by atoms with van der Waals surface area (Å²) in [6.07, 6.45) is 0.821. The number of benzene rings is 1. The van der Waals surface area contributed by atoms with Crippen molar-refractivity contribution in [3.05, 3.63) is 53.1 Å². The molecule has 1 saturated heterocycles. The van der Waals surface area contributed by atoms with E-state index in [1.54, 1.807) is 19.1 Å². The van der Waals surface area contributed by atoms with Crippen molar-refractivity contribution in [3.63, 3.8) is 0 Å². The van der Waals surface area contributed by atoms with Gasteiger partial charge in [-0.15, -0.1) is 0 Å². The van der Waals surface area contributed by atoms with E-state index in [0.717, 1.165) is 31.9 Å². The number of hydrogen-bond acceptors (Lipinski definition) is 7. The Morgan fingerprint density at radius 1 is 1.10 bits per heavy atom. The highest BCUT2D eigenvalue weighted by Gasteiger charge is 2.21. The predicted molar refractivity (Wildman–Crippen MR) is 107 cm³/mol. The van der Waals surface area contributed by atoms with Gasteiger partial charge in [-0.3, -0.25) is 9.88 Å². The van der Waals surface area contributed by atoms with Gasteiger partial charge in [-0.1, -0.05) is 0 Å². The van der Waals surface area contributed by atoms with Crippen molar-refractivity contribution in [2.24, 2.45) is 0 Å². The number of aromatic nitrogens is 1. The molecule has 3 N–H and O–H groups in total. The van der Waals surface area contributed by atoms with Crippen molar-refractivity contribution in [1.82, 2.24) is 9.88 Å². The first kappa shape index (κ1) is 21.4. The van der Waals surface area contributed by atoms with Gasteiger partial charge in [0.15, 0.2) is 0 Å².